The predicted molar refractivity (Wildman–Crippen MR) is 59.7 cm³/mol. The van der Waals surface area contributed by atoms with Gasteiger partial charge in [0, 0.05) is 5.33 Å². The zero-order valence-electron chi connectivity index (χ0n) is 8.29. The molecule has 0 aromatic heterocycles. The molecule has 0 saturated carbocycles. The van der Waals surface area contributed by atoms with E-state index in [1.165, 1.54) is 0 Å². The molecule has 78 valence electrons. The zero-order valence-corrected chi connectivity index (χ0v) is 9.87. The highest BCUT2D eigenvalue weighted by molar-refractivity contribution is 9.08. The molecule has 1 aromatic rings. The van der Waals surface area contributed by atoms with Crippen LogP contribution in [0.3, 0.4) is 0 Å². The Kier molecular flexibility index (Phi) is 4.32. The van der Waals surface area contributed by atoms with Gasteiger partial charge in [0.05, 0.1) is 17.7 Å². The van der Waals surface area contributed by atoms with Crippen molar-refractivity contribution in [2.24, 2.45) is 0 Å². The Bertz CT molecular complexity index is 410. The summed E-state index contributed by atoms with van der Waals surface area (Å²) in [5.41, 5.74) is 1.62. The molecule has 0 aliphatic carbocycles. The second kappa shape index (κ2) is 5.52. The maximum Gasteiger partial charge on any atom is 0.339 e. The minimum atomic E-state index is -0.447. The third kappa shape index (κ3) is 2.80. The van der Waals surface area contributed by atoms with E-state index in [0.29, 0.717) is 23.1 Å². The van der Waals surface area contributed by atoms with Crippen LogP contribution in [0.2, 0.25) is 0 Å². The summed E-state index contributed by atoms with van der Waals surface area (Å²) in [7, 11) is 0. The lowest BCUT2D eigenvalue weighted by atomic mass is 10.1. The van der Waals surface area contributed by atoms with Gasteiger partial charge in [0.2, 0.25) is 0 Å². The molecule has 0 amide bonds. The number of hydrogen-bond acceptors (Lipinski definition) is 3. The highest BCUT2D eigenvalue weighted by Crippen LogP contribution is 2.14. The number of benzene rings is 1. The molecule has 0 heterocycles. The van der Waals surface area contributed by atoms with E-state index in [2.05, 4.69) is 15.9 Å². The third-order valence-corrected chi connectivity index (χ3v) is 2.50. The molecule has 1 aromatic carbocycles. The van der Waals surface area contributed by atoms with Gasteiger partial charge in [-0.1, -0.05) is 22.0 Å². The second-order valence-electron chi connectivity index (χ2n) is 2.85. The Morgan fingerprint density at radius 1 is 1.60 bits per heavy atom. The Morgan fingerprint density at radius 3 is 2.87 bits per heavy atom. The topological polar surface area (TPSA) is 50.1 Å². The average molecular weight is 268 g/mol. The fourth-order valence-electron chi connectivity index (χ4n) is 1.15. The molecule has 0 saturated heterocycles. The van der Waals surface area contributed by atoms with Crippen LogP contribution >= 0.6 is 15.9 Å². The number of carbonyl (C=O) groups is 1. The van der Waals surface area contributed by atoms with Gasteiger partial charge in [0.1, 0.15) is 6.07 Å². The Balaban J connectivity index is 3.13. The van der Waals surface area contributed by atoms with Crippen molar-refractivity contribution in [1.82, 2.24) is 0 Å². The van der Waals surface area contributed by atoms with E-state index in [1.807, 2.05) is 6.07 Å². The summed E-state index contributed by atoms with van der Waals surface area (Å²) < 4.78 is 4.86. The molecule has 15 heavy (non-hydrogen) atoms. The minimum Gasteiger partial charge on any atom is -0.462 e. The standard InChI is InChI=1S/C11H10BrNO2/c1-2-15-11(14)10-5-8(6-12)3-4-9(10)7-13/h3-5H,2,6H2,1H3. The van der Waals surface area contributed by atoms with Gasteiger partial charge < -0.3 is 4.74 Å². The number of nitriles is 1. The molecule has 0 unspecified atom stereocenters. The van der Waals surface area contributed by atoms with Crippen molar-refractivity contribution in [3.63, 3.8) is 0 Å². The first-order valence-electron chi connectivity index (χ1n) is 4.49. The lowest BCUT2D eigenvalue weighted by molar-refractivity contribution is 0.0526. The Morgan fingerprint density at radius 2 is 2.33 bits per heavy atom. The van der Waals surface area contributed by atoms with E-state index in [-0.39, 0.29) is 0 Å². The first-order chi connectivity index (χ1) is 7.22. The van der Waals surface area contributed by atoms with Crippen molar-refractivity contribution in [3.8, 4) is 6.07 Å². The molecular weight excluding hydrogens is 258 g/mol. The number of hydrogen-bond donors (Lipinski definition) is 0. The first-order valence-corrected chi connectivity index (χ1v) is 5.61. The van der Waals surface area contributed by atoms with Gasteiger partial charge >= 0.3 is 5.97 Å². The van der Waals surface area contributed by atoms with Crippen molar-refractivity contribution in [3.05, 3.63) is 34.9 Å². The van der Waals surface area contributed by atoms with Gasteiger partial charge in [-0.15, -0.1) is 0 Å². The highest BCUT2D eigenvalue weighted by Gasteiger charge is 2.12. The van der Waals surface area contributed by atoms with Crippen molar-refractivity contribution in [1.29, 1.82) is 5.26 Å². The Labute approximate surface area is 96.8 Å². The molecule has 0 aliphatic heterocycles. The number of carbonyl (C=O) groups excluding carboxylic acids is 1. The van der Waals surface area contributed by atoms with E-state index >= 15 is 0 Å². The van der Waals surface area contributed by atoms with Crippen LogP contribution in [0.25, 0.3) is 0 Å². The molecule has 0 radical (unpaired) electrons. The fraction of sp³-hybridized carbons (Fsp3) is 0.273. The van der Waals surface area contributed by atoms with Crippen molar-refractivity contribution < 1.29 is 9.53 Å². The molecule has 1 rings (SSSR count). The van der Waals surface area contributed by atoms with E-state index in [1.54, 1.807) is 25.1 Å². The summed E-state index contributed by atoms with van der Waals surface area (Å²) in [5.74, 6) is -0.447. The van der Waals surface area contributed by atoms with Gasteiger partial charge in [-0.3, -0.25) is 0 Å². The first kappa shape index (κ1) is 11.7. The summed E-state index contributed by atoms with van der Waals surface area (Å²) in [6, 6.07) is 7.07. The summed E-state index contributed by atoms with van der Waals surface area (Å²) in [6.07, 6.45) is 0. The molecule has 0 spiro atoms. The van der Waals surface area contributed by atoms with Crippen molar-refractivity contribution in [2.45, 2.75) is 12.3 Å². The number of halogens is 1. The maximum absolute atomic E-state index is 11.5. The van der Waals surface area contributed by atoms with Crippen LogP contribution in [0.4, 0.5) is 0 Å². The smallest absolute Gasteiger partial charge is 0.339 e. The molecule has 0 bridgehead atoms. The molecule has 3 nitrogen and oxygen atoms in total. The molecule has 0 N–H and O–H groups in total. The normalized spacial score (nSPS) is 9.40. The van der Waals surface area contributed by atoms with Crippen LogP contribution in [-0.4, -0.2) is 12.6 Å². The van der Waals surface area contributed by atoms with Gasteiger partial charge in [-0.25, -0.2) is 4.79 Å². The van der Waals surface area contributed by atoms with E-state index in [4.69, 9.17) is 10.00 Å². The van der Waals surface area contributed by atoms with Crippen LogP contribution in [0.1, 0.15) is 28.4 Å². The summed E-state index contributed by atoms with van der Waals surface area (Å²) in [6.45, 7) is 2.04. The van der Waals surface area contributed by atoms with Crippen molar-refractivity contribution in [2.75, 3.05) is 6.61 Å². The van der Waals surface area contributed by atoms with Crippen LogP contribution in [0.15, 0.2) is 18.2 Å². The number of ether oxygens (including phenoxy) is 1. The number of rotatable bonds is 3. The summed E-state index contributed by atoms with van der Waals surface area (Å²) >= 11 is 3.29. The summed E-state index contributed by atoms with van der Waals surface area (Å²) in [5, 5.41) is 9.47. The molecular formula is C11H10BrNO2. The lowest BCUT2D eigenvalue weighted by Gasteiger charge is -2.05. The summed E-state index contributed by atoms with van der Waals surface area (Å²) in [4.78, 5) is 11.5. The largest absolute Gasteiger partial charge is 0.462 e. The van der Waals surface area contributed by atoms with Gasteiger partial charge in [-0.2, -0.15) is 5.26 Å². The van der Waals surface area contributed by atoms with Crippen LogP contribution in [0.5, 0.6) is 0 Å². The zero-order chi connectivity index (χ0) is 11.3. The molecule has 0 aliphatic rings. The van der Waals surface area contributed by atoms with Crippen LogP contribution < -0.4 is 0 Å². The van der Waals surface area contributed by atoms with Crippen LogP contribution in [0, 0.1) is 11.3 Å². The average Bonchev–Trinajstić information content (AvgIpc) is 2.28. The second-order valence-corrected chi connectivity index (χ2v) is 3.41. The predicted octanol–water partition coefficient (Wildman–Crippen LogP) is 2.63. The third-order valence-electron chi connectivity index (χ3n) is 1.85. The number of nitrogens with zero attached hydrogens (tertiary/aromatic N) is 1. The molecule has 0 atom stereocenters. The fourth-order valence-corrected chi connectivity index (χ4v) is 1.50. The Hall–Kier alpha value is -1.34. The number of esters is 1. The quantitative estimate of drug-likeness (QED) is 0.625. The van der Waals surface area contributed by atoms with E-state index in [9.17, 15) is 4.79 Å². The monoisotopic (exact) mass is 267 g/mol. The molecule has 4 heteroatoms. The highest BCUT2D eigenvalue weighted by atomic mass is 79.9. The maximum atomic E-state index is 11.5. The van der Waals surface area contributed by atoms with E-state index < -0.39 is 5.97 Å². The van der Waals surface area contributed by atoms with Crippen molar-refractivity contribution >= 4 is 21.9 Å². The van der Waals surface area contributed by atoms with E-state index in [0.717, 1.165) is 5.56 Å². The van der Waals surface area contributed by atoms with Crippen LogP contribution in [-0.2, 0) is 10.1 Å². The van der Waals surface area contributed by atoms with Gasteiger partial charge in [-0.05, 0) is 24.6 Å². The lowest BCUT2D eigenvalue weighted by Crippen LogP contribution is -2.07. The minimum absolute atomic E-state index is 0.308. The molecule has 0 fully saturated rings. The number of alkyl halides is 1. The van der Waals surface area contributed by atoms with Gasteiger partial charge in [0.15, 0.2) is 0 Å². The SMILES string of the molecule is CCOC(=O)c1cc(CBr)ccc1C#N. The van der Waals surface area contributed by atoms with Gasteiger partial charge in [0.25, 0.3) is 0 Å².